The predicted octanol–water partition coefficient (Wildman–Crippen LogP) is 4.30. The Bertz CT molecular complexity index is 897. The largest absolute Gasteiger partial charge is 0.423 e. The molecule has 24 heavy (non-hydrogen) atoms. The van der Waals surface area contributed by atoms with E-state index in [2.05, 4.69) is 49.5 Å². The summed E-state index contributed by atoms with van der Waals surface area (Å²) < 4.78 is 5.35. The summed E-state index contributed by atoms with van der Waals surface area (Å²) in [6.45, 7) is 7.82. The second-order valence-electron chi connectivity index (χ2n) is 6.47. The zero-order valence-electron chi connectivity index (χ0n) is 14.4. The standard InChI is InChI=1S/C21H23NO2/c1-14-9-19-18(11-21(23)24-20(19)10-15(14)2)13-22-12-16(3)17-7-5-4-6-8-17/h4-11,16,22H,12-13H2,1-3H3/t16-/m1/s1. The molecule has 0 aliphatic carbocycles. The minimum absolute atomic E-state index is 0.293. The third-order valence-electron chi connectivity index (χ3n) is 4.58. The highest BCUT2D eigenvalue weighted by Crippen LogP contribution is 2.22. The fourth-order valence-corrected chi connectivity index (χ4v) is 2.95. The minimum atomic E-state index is -0.293. The van der Waals surface area contributed by atoms with E-state index in [-0.39, 0.29) is 5.63 Å². The summed E-state index contributed by atoms with van der Waals surface area (Å²) in [7, 11) is 0. The zero-order valence-corrected chi connectivity index (χ0v) is 14.4. The van der Waals surface area contributed by atoms with Gasteiger partial charge in [-0.25, -0.2) is 4.79 Å². The number of hydrogen-bond donors (Lipinski definition) is 1. The first kappa shape index (κ1) is 16.5. The number of hydrogen-bond acceptors (Lipinski definition) is 3. The molecule has 0 bridgehead atoms. The summed E-state index contributed by atoms with van der Waals surface area (Å²) in [4.78, 5) is 11.8. The van der Waals surface area contributed by atoms with Gasteiger partial charge in [0.25, 0.3) is 0 Å². The molecule has 1 N–H and O–H groups in total. The average molecular weight is 321 g/mol. The maximum Gasteiger partial charge on any atom is 0.336 e. The Morgan fingerprint density at radius 3 is 2.50 bits per heavy atom. The van der Waals surface area contributed by atoms with Gasteiger partial charge in [-0.15, -0.1) is 0 Å². The van der Waals surface area contributed by atoms with Crippen LogP contribution in [0.5, 0.6) is 0 Å². The second-order valence-corrected chi connectivity index (χ2v) is 6.47. The quantitative estimate of drug-likeness (QED) is 0.712. The van der Waals surface area contributed by atoms with Crippen molar-refractivity contribution in [3.8, 4) is 0 Å². The van der Waals surface area contributed by atoms with Gasteiger partial charge in [0.05, 0.1) is 0 Å². The molecule has 0 aliphatic heterocycles. The van der Waals surface area contributed by atoms with Gasteiger partial charge >= 0.3 is 5.63 Å². The van der Waals surface area contributed by atoms with Crippen LogP contribution in [0.4, 0.5) is 0 Å². The molecule has 0 aliphatic rings. The third kappa shape index (κ3) is 3.57. The van der Waals surface area contributed by atoms with Crippen molar-refractivity contribution in [2.24, 2.45) is 0 Å². The van der Waals surface area contributed by atoms with Crippen molar-refractivity contribution in [2.75, 3.05) is 6.54 Å². The maximum atomic E-state index is 11.8. The lowest BCUT2D eigenvalue weighted by atomic mass is 10.0. The van der Waals surface area contributed by atoms with Gasteiger partial charge in [0, 0.05) is 24.5 Å². The SMILES string of the molecule is Cc1cc2oc(=O)cc(CNC[C@@H](C)c3ccccc3)c2cc1C. The van der Waals surface area contributed by atoms with Crippen molar-refractivity contribution in [3.05, 3.63) is 81.2 Å². The van der Waals surface area contributed by atoms with Gasteiger partial charge in [0.15, 0.2) is 0 Å². The number of rotatable bonds is 5. The molecule has 3 nitrogen and oxygen atoms in total. The molecule has 2 aromatic carbocycles. The summed E-state index contributed by atoms with van der Waals surface area (Å²) in [5, 5.41) is 4.48. The van der Waals surface area contributed by atoms with E-state index >= 15 is 0 Å². The lowest BCUT2D eigenvalue weighted by Crippen LogP contribution is -2.20. The number of nitrogens with one attached hydrogen (secondary N) is 1. The number of aryl methyl sites for hydroxylation is 2. The van der Waals surface area contributed by atoms with E-state index in [9.17, 15) is 4.79 Å². The van der Waals surface area contributed by atoms with Crippen LogP contribution in [0.25, 0.3) is 11.0 Å². The maximum absolute atomic E-state index is 11.8. The lowest BCUT2D eigenvalue weighted by Gasteiger charge is -2.14. The van der Waals surface area contributed by atoms with Crippen LogP contribution in [0.15, 0.2) is 57.7 Å². The summed E-state index contributed by atoms with van der Waals surface area (Å²) in [6, 6.07) is 16.1. The Kier molecular flexibility index (Phi) is 4.81. The molecule has 3 heteroatoms. The van der Waals surface area contributed by atoms with Crippen LogP contribution in [0.2, 0.25) is 0 Å². The molecule has 0 saturated carbocycles. The van der Waals surface area contributed by atoms with Crippen LogP contribution in [-0.2, 0) is 6.54 Å². The molecule has 3 aromatic rings. The van der Waals surface area contributed by atoms with Gasteiger partial charge in [-0.3, -0.25) is 0 Å². The van der Waals surface area contributed by atoms with E-state index in [1.807, 2.05) is 19.1 Å². The molecule has 0 unspecified atom stereocenters. The smallest absolute Gasteiger partial charge is 0.336 e. The van der Waals surface area contributed by atoms with Gasteiger partial charge < -0.3 is 9.73 Å². The molecule has 1 heterocycles. The molecule has 0 fully saturated rings. The van der Waals surface area contributed by atoms with Crippen molar-refractivity contribution in [3.63, 3.8) is 0 Å². The topological polar surface area (TPSA) is 42.2 Å². The van der Waals surface area contributed by atoms with Crippen LogP contribution in [0.3, 0.4) is 0 Å². The van der Waals surface area contributed by atoms with Crippen molar-refractivity contribution < 1.29 is 4.42 Å². The summed E-state index contributed by atoms with van der Waals surface area (Å²) in [6.07, 6.45) is 0. The van der Waals surface area contributed by atoms with E-state index in [4.69, 9.17) is 4.42 Å². The molecular weight excluding hydrogens is 298 g/mol. The second kappa shape index (κ2) is 7.02. The molecule has 124 valence electrons. The Hall–Kier alpha value is -2.39. The molecular formula is C21H23NO2. The number of fused-ring (bicyclic) bond motifs is 1. The Morgan fingerprint density at radius 2 is 1.75 bits per heavy atom. The van der Waals surface area contributed by atoms with Gasteiger partial charge in [0.2, 0.25) is 0 Å². The highest BCUT2D eigenvalue weighted by Gasteiger charge is 2.09. The number of benzene rings is 2. The normalized spacial score (nSPS) is 12.5. The van der Waals surface area contributed by atoms with Gasteiger partial charge in [-0.2, -0.15) is 0 Å². The van der Waals surface area contributed by atoms with Crippen molar-refractivity contribution >= 4 is 11.0 Å². The highest BCUT2D eigenvalue weighted by atomic mass is 16.4. The monoisotopic (exact) mass is 321 g/mol. The van der Waals surface area contributed by atoms with E-state index in [0.717, 1.165) is 23.1 Å². The van der Waals surface area contributed by atoms with Gasteiger partial charge in [-0.05, 0) is 54.2 Å². The first-order chi connectivity index (χ1) is 11.5. The van der Waals surface area contributed by atoms with Crippen molar-refractivity contribution in [1.82, 2.24) is 5.32 Å². The van der Waals surface area contributed by atoms with Gasteiger partial charge in [0.1, 0.15) is 5.58 Å². The lowest BCUT2D eigenvalue weighted by molar-refractivity contribution is 0.554. The fraction of sp³-hybridized carbons (Fsp3) is 0.286. The Balaban J connectivity index is 1.78. The van der Waals surface area contributed by atoms with Crippen LogP contribution < -0.4 is 10.9 Å². The van der Waals surface area contributed by atoms with Gasteiger partial charge in [-0.1, -0.05) is 37.3 Å². The van der Waals surface area contributed by atoms with E-state index < -0.39 is 0 Å². The van der Waals surface area contributed by atoms with Crippen LogP contribution >= 0.6 is 0 Å². The first-order valence-electron chi connectivity index (χ1n) is 8.34. The fourth-order valence-electron chi connectivity index (χ4n) is 2.95. The van der Waals surface area contributed by atoms with E-state index in [0.29, 0.717) is 18.0 Å². The average Bonchev–Trinajstić information content (AvgIpc) is 2.57. The summed E-state index contributed by atoms with van der Waals surface area (Å²) in [5.74, 6) is 0.418. The highest BCUT2D eigenvalue weighted by molar-refractivity contribution is 5.81. The van der Waals surface area contributed by atoms with E-state index in [1.54, 1.807) is 6.07 Å². The van der Waals surface area contributed by atoms with Crippen molar-refractivity contribution in [2.45, 2.75) is 33.2 Å². The van der Waals surface area contributed by atoms with E-state index in [1.165, 1.54) is 11.1 Å². The predicted molar refractivity (Wildman–Crippen MR) is 98.5 cm³/mol. The molecule has 0 saturated heterocycles. The molecule has 0 radical (unpaired) electrons. The molecule has 0 spiro atoms. The van der Waals surface area contributed by atoms with Crippen LogP contribution in [0, 0.1) is 13.8 Å². The minimum Gasteiger partial charge on any atom is -0.423 e. The third-order valence-corrected chi connectivity index (χ3v) is 4.58. The summed E-state index contributed by atoms with van der Waals surface area (Å²) >= 11 is 0. The molecule has 3 rings (SSSR count). The van der Waals surface area contributed by atoms with Crippen LogP contribution in [-0.4, -0.2) is 6.54 Å². The Morgan fingerprint density at radius 1 is 1.04 bits per heavy atom. The molecule has 0 amide bonds. The zero-order chi connectivity index (χ0) is 17.1. The molecule has 1 atom stereocenters. The summed E-state index contributed by atoms with van der Waals surface area (Å²) in [5.41, 5.74) is 5.01. The van der Waals surface area contributed by atoms with Crippen molar-refractivity contribution in [1.29, 1.82) is 0 Å². The van der Waals surface area contributed by atoms with Crippen LogP contribution in [0.1, 0.15) is 35.1 Å². The Labute approximate surface area is 142 Å². The first-order valence-corrected chi connectivity index (χ1v) is 8.34. The molecule has 1 aromatic heterocycles.